The van der Waals surface area contributed by atoms with E-state index in [2.05, 4.69) is 71.0 Å². The van der Waals surface area contributed by atoms with Crippen molar-refractivity contribution >= 4 is 11.6 Å². The van der Waals surface area contributed by atoms with Gasteiger partial charge in [-0.05, 0) is 44.4 Å². The molecule has 2 heterocycles. The molecule has 0 radical (unpaired) electrons. The van der Waals surface area contributed by atoms with Crippen molar-refractivity contribution in [3.8, 4) is 0 Å². The molecule has 6 nitrogen and oxygen atoms in total. The lowest BCUT2D eigenvalue weighted by Crippen LogP contribution is -2.48. The maximum atomic E-state index is 4.71. The molecule has 6 heteroatoms. The molecule has 1 aliphatic rings. The second kappa shape index (κ2) is 9.27. The minimum absolute atomic E-state index is 0.472. The normalized spacial score (nSPS) is 15.9. The van der Waals surface area contributed by atoms with E-state index in [-0.39, 0.29) is 0 Å². The number of para-hydroxylation sites is 1. The third kappa shape index (κ3) is 5.25. The van der Waals surface area contributed by atoms with Crippen LogP contribution in [-0.4, -0.2) is 48.0 Å². The summed E-state index contributed by atoms with van der Waals surface area (Å²) >= 11 is 0. The fourth-order valence-corrected chi connectivity index (χ4v) is 3.29. The van der Waals surface area contributed by atoms with Crippen LogP contribution in [0.1, 0.15) is 25.3 Å². The van der Waals surface area contributed by atoms with Gasteiger partial charge in [-0.15, -0.1) is 0 Å². The van der Waals surface area contributed by atoms with Crippen molar-refractivity contribution in [3.63, 3.8) is 0 Å². The zero-order valence-corrected chi connectivity index (χ0v) is 15.9. The van der Waals surface area contributed by atoms with Crippen LogP contribution in [0.2, 0.25) is 0 Å². The van der Waals surface area contributed by atoms with E-state index in [0.717, 1.165) is 51.5 Å². The van der Waals surface area contributed by atoms with Crippen LogP contribution in [0.5, 0.6) is 0 Å². The Hall–Kier alpha value is -2.50. The fourth-order valence-electron chi connectivity index (χ4n) is 3.29. The molecule has 0 atom stereocenters. The molecule has 26 heavy (non-hydrogen) atoms. The Bertz CT molecular complexity index is 685. The molecule has 0 amide bonds. The zero-order chi connectivity index (χ0) is 18.2. The summed E-state index contributed by atoms with van der Waals surface area (Å²) in [6, 6.07) is 11.1. The van der Waals surface area contributed by atoms with Gasteiger partial charge in [-0.25, -0.2) is 0 Å². The molecule has 1 aromatic carbocycles. The molecule has 1 aliphatic heterocycles. The number of hydrogen-bond acceptors (Lipinski definition) is 3. The van der Waals surface area contributed by atoms with E-state index >= 15 is 0 Å². The van der Waals surface area contributed by atoms with Crippen molar-refractivity contribution in [2.75, 3.05) is 31.1 Å². The number of guanidine groups is 1. The highest BCUT2D eigenvalue weighted by atomic mass is 15.3. The van der Waals surface area contributed by atoms with Crippen LogP contribution in [0.25, 0.3) is 0 Å². The van der Waals surface area contributed by atoms with E-state index in [4.69, 9.17) is 4.99 Å². The molecular weight excluding hydrogens is 324 g/mol. The first-order valence-electron chi connectivity index (χ1n) is 9.58. The van der Waals surface area contributed by atoms with Gasteiger partial charge < -0.3 is 15.5 Å². The number of rotatable bonds is 6. The molecule has 0 aliphatic carbocycles. The first kappa shape index (κ1) is 18.3. The lowest BCUT2D eigenvalue weighted by Gasteiger charge is -2.34. The molecule has 1 saturated heterocycles. The van der Waals surface area contributed by atoms with E-state index in [9.17, 15) is 0 Å². The summed E-state index contributed by atoms with van der Waals surface area (Å²) in [7, 11) is 0. The van der Waals surface area contributed by atoms with Gasteiger partial charge in [-0.1, -0.05) is 18.2 Å². The van der Waals surface area contributed by atoms with Crippen LogP contribution in [0, 0.1) is 6.92 Å². The summed E-state index contributed by atoms with van der Waals surface area (Å²) in [5.41, 5.74) is 2.50. The Labute approximate surface area is 156 Å². The Morgan fingerprint density at radius 1 is 1.23 bits per heavy atom. The molecule has 0 saturated carbocycles. The second-order valence-corrected chi connectivity index (χ2v) is 6.78. The lowest BCUT2D eigenvalue weighted by atomic mass is 10.0. The zero-order valence-electron chi connectivity index (χ0n) is 15.9. The standard InChI is InChI=1S/C20H30N6/c1-3-21-20(22-11-14-26-16-17(2)15-23-26)24-18-9-12-25(13-10-18)19-7-5-4-6-8-19/h4-8,15-16,18H,3,9-14H2,1-2H3,(H2,21,22,24). The Balaban J connectivity index is 1.48. The van der Waals surface area contributed by atoms with E-state index in [0.29, 0.717) is 6.04 Å². The summed E-state index contributed by atoms with van der Waals surface area (Å²) in [6.45, 7) is 8.71. The van der Waals surface area contributed by atoms with Gasteiger partial charge in [0.2, 0.25) is 0 Å². The van der Waals surface area contributed by atoms with Gasteiger partial charge in [0.1, 0.15) is 0 Å². The van der Waals surface area contributed by atoms with Gasteiger partial charge in [0.15, 0.2) is 5.96 Å². The average molecular weight is 355 g/mol. The van der Waals surface area contributed by atoms with E-state index in [1.165, 1.54) is 11.3 Å². The van der Waals surface area contributed by atoms with Gasteiger partial charge in [0, 0.05) is 37.6 Å². The molecule has 140 valence electrons. The highest BCUT2D eigenvalue weighted by molar-refractivity contribution is 5.80. The van der Waals surface area contributed by atoms with Crippen LogP contribution < -0.4 is 15.5 Å². The molecule has 2 N–H and O–H groups in total. The molecule has 2 aromatic rings. The molecule has 3 rings (SSSR count). The maximum Gasteiger partial charge on any atom is 0.191 e. The first-order valence-corrected chi connectivity index (χ1v) is 9.58. The van der Waals surface area contributed by atoms with Gasteiger partial charge in [0.25, 0.3) is 0 Å². The minimum atomic E-state index is 0.472. The van der Waals surface area contributed by atoms with Crippen molar-refractivity contribution < 1.29 is 0 Å². The maximum absolute atomic E-state index is 4.71. The Morgan fingerprint density at radius 3 is 2.65 bits per heavy atom. The number of aromatic nitrogens is 2. The van der Waals surface area contributed by atoms with Gasteiger partial charge in [0.05, 0.1) is 19.3 Å². The topological polar surface area (TPSA) is 57.5 Å². The van der Waals surface area contributed by atoms with Crippen molar-refractivity contribution in [1.29, 1.82) is 0 Å². The number of piperidine rings is 1. The van der Waals surface area contributed by atoms with Crippen LogP contribution in [0.15, 0.2) is 47.7 Å². The smallest absolute Gasteiger partial charge is 0.191 e. The number of hydrogen-bond donors (Lipinski definition) is 2. The minimum Gasteiger partial charge on any atom is -0.371 e. The quantitative estimate of drug-likeness (QED) is 0.618. The predicted molar refractivity (Wildman–Crippen MR) is 108 cm³/mol. The van der Waals surface area contributed by atoms with Gasteiger partial charge >= 0.3 is 0 Å². The van der Waals surface area contributed by atoms with Crippen molar-refractivity contribution in [3.05, 3.63) is 48.3 Å². The number of benzene rings is 1. The highest BCUT2D eigenvalue weighted by Gasteiger charge is 2.20. The van der Waals surface area contributed by atoms with Crippen LogP contribution in [-0.2, 0) is 6.54 Å². The van der Waals surface area contributed by atoms with Crippen LogP contribution >= 0.6 is 0 Å². The molecule has 0 unspecified atom stereocenters. The summed E-state index contributed by atoms with van der Waals surface area (Å²) in [6.07, 6.45) is 6.18. The SMILES string of the molecule is CCNC(=NCCn1cc(C)cn1)NC1CCN(c2ccccc2)CC1. The molecule has 1 aromatic heterocycles. The molecular formula is C20H30N6. The summed E-state index contributed by atoms with van der Waals surface area (Å²) < 4.78 is 1.95. The lowest BCUT2D eigenvalue weighted by molar-refractivity contribution is 0.461. The Kier molecular flexibility index (Phi) is 6.52. The van der Waals surface area contributed by atoms with E-state index in [1.807, 2.05) is 10.9 Å². The largest absolute Gasteiger partial charge is 0.371 e. The first-order chi connectivity index (χ1) is 12.7. The third-order valence-corrected chi connectivity index (χ3v) is 4.66. The van der Waals surface area contributed by atoms with Crippen LogP contribution in [0.3, 0.4) is 0 Å². The number of nitrogens with zero attached hydrogens (tertiary/aromatic N) is 4. The Morgan fingerprint density at radius 2 is 2.00 bits per heavy atom. The molecule has 1 fully saturated rings. The average Bonchev–Trinajstić information content (AvgIpc) is 3.08. The van der Waals surface area contributed by atoms with Crippen LogP contribution in [0.4, 0.5) is 5.69 Å². The summed E-state index contributed by atoms with van der Waals surface area (Å²) in [5, 5.41) is 11.3. The third-order valence-electron chi connectivity index (χ3n) is 4.66. The number of aryl methyl sites for hydroxylation is 1. The van der Waals surface area contributed by atoms with Gasteiger partial charge in [-0.3, -0.25) is 9.67 Å². The monoisotopic (exact) mass is 354 g/mol. The summed E-state index contributed by atoms with van der Waals surface area (Å²) in [5.74, 6) is 0.912. The fraction of sp³-hybridized carbons (Fsp3) is 0.500. The van der Waals surface area contributed by atoms with Gasteiger partial charge in [-0.2, -0.15) is 5.10 Å². The predicted octanol–water partition coefficient (Wildman–Crippen LogP) is 2.42. The number of anilines is 1. The molecule has 0 spiro atoms. The van der Waals surface area contributed by atoms with Crippen molar-refractivity contribution in [1.82, 2.24) is 20.4 Å². The van der Waals surface area contributed by atoms with Crippen molar-refractivity contribution in [2.24, 2.45) is 4.99 Å². The van der Waals surface area contributed by atoms with Crippen molar-refractivity contribution in [2.45, 2.75) is 39.3 Å². The van der Waals surface area contributed by atoms with E-state index in [1.54, 1.807) is 0 Å². The van der Waals surface area contributed by atoms with E-state index < -0.39 is 0 Å². The summed E-state index contributed by atoms with van der Waals surface area (Å²) in [4.78, 5) is 7.17. The number of aliphatic imine (C=N–C) groups is 1. The second-order valence-electron chi connectivity index (χ2n) is 6.78. The number of nitrogens with one attached hydrogen (secondary N) is 2. The highest BCUT2D eigenvalue weighted by Crippen LogP contribution is 2.19. The molecule has 0 bridgehead atoms.